The molecule has 1 N–H and O–H groups in total. The number of carbonyl (C=O) groups is 1. The minimum Gasteiger partial charge on any atom is -0.493 e. The maximum Gasteiger partial charge on any atom is 0.273 e. The summed E-state index contributed by atoms with van der Waals surface area (Å²) in [5.74, 6) is 0.425. The molecule has 1 amide bonds. The van der Waals surface area contributed by atoms with Crippen LogP contribution in [0.15, 0.2) is 107 Å². The topological polar surface area (TPSA) is 97.3 Å². The van der Waals surface area contributed by atoms with E-state index in [0.717, 1.165) is 11.1 Å². The van der Waals surface area contributed by atoms with E-state index in [4.69, 9.17) is 9.47 Å². The van der Waals surface area contributed by atoms with Crippen molar-refractivity contribution in [3.05, 3.63) is 119 Å². The zero-order valence-corrected chi connectivity index (χ0v) is 22.7. The Hall–Kier alpha value is -4.63. The van der Waals surface area contributed by atoms with E-state index in [2.05, 4.69) is 10.5 Å². The molecular weight excluding hydrogens is 514 g/mol. The number of carbonyl (C=O) groups excluding carboxylic acids is 1. The summed E-state index contributed by atoms with van der Waals surface area (Å²) in [6.07, 6.45) is 1.44. The fourth-order valence-corrected chi connectivity index (χ4v) is 5.48. The zero-order chi connectivity index (χ0) is 27.8. The van der Waals surface area contributed by atoms with Gasteiger partial charge in [-0.25, -0.2) is 13.8 Å². The first-order valence-electron chi connectivity index (χ1n) is 12.1. The third kappa shape index (κ3) is 6.27. The lowest BCUT2D eigenvalue weighted by Gasteiger charge is -2.26. The first-order chi connectivity index (χ1) is 18.8. The molecule has 4 rings (SSSR count). The van der Waals surface area contributed by atoms with Crippen LogP contribution in [0.2, 0.25) is 0 Å². The van der Waals surface area contributed by atoms with Crippen LogP contribution in [0.1, 0.15) is 27.0 Å². The molecule has 0 saturated heterocycles. The fourth-order valence-electron chi connectivity index (χ4n) is 4.00. The van der Waals surface area contributed by atoms with Crippen molar-refractivity contribution in [2.45, 2.75) is 18.4 Å². The molecule has 0 aliphatic carbocycles. The van der Waals surface area contributed by atoms with Gasteiger partial charge in [-0.3, -0.25) is 9.10 Å². The molecule has 9 heteroatoms. The molecule has 0 aliphatic heterocycles. The Balaban J connectivity index is 1.70. The summed E-state index contributed by atoms with van der Waals surface area (Å²) in [7, 11) is -0.976. The van der Waals surface area contributed by atoms with Gasteiger partial charge in [-0.05, 0) is 48.9 Å². The van der Waals surface area contributed by atoms with Crippen LogP contribution in [0.5, 0.6) is 11.5 Å². The number of anilines is 1. The molecule has 0 spiro atoms. The Morgan fingerprint density at radius 3 is 2.26 bits per heavy atom. The van der Waals surface area contributed by atoms with E-state index in [1.807, 2.05) is 37.3 Å². The van der Waals surface area contributed by atoms with Gasteiger partial charge in [0.05, 0.1) is 43.1 Å². The second kappa shape index (κ2) is 12.3. The van der Waals surface area contributed by atoms with Gasteiger partial charge >= 0.3 is 0 Å². The number of hydrogen-bond acceptors (Lipinski definition) is 6. The molecule has 39 heavy (non-hydrogen) atoms. The van der Waals surface area contributed by atoms with Crippen molar-refractivity contribution in [2.24, 2.45) is 5.10 Å². The second-order valence-corrected chi connectivity index (χ2v) is 10.5. The van der Waals surface area contributed by atoms with Gasteiger partial charge in [0.2, 0.25) is 0 Å². The highest BCUT2D eigenvalue weighted by atomic mass is 32.2. The number of aryl methyl sites for hydroxylation is 1. The van der Waals surface area contributed by atoms with E-state index in [1.54, 1.807) is 66.7 Å². The number of methoxy groups -OCH3 is 2. The number of nitrogens with zero attached hydrogens (tertiary/aromatic N) is 2. The highest BCUT2D eigenvalue weighted by Crippen LogP contribution is 2.31. The Morgan fingerprint density at radius 2 is 1.56 bits per heavy atom. The summed E-state index contributed by atoms with van der Waals surface area (Å²) in [5, 5.41) is 4.09. The molecule has 0 aromatic heterocycles. The Kier molecular flexibility index (Phi) is 8.63. The molecule has 0 atom stereocenters. The maximum absolute atomic E-state index is 13.9. The van der Waals surface area contributed by atoms with Crippen molar-refractivity contribution in [1.82, 2.24) is 5.43 Å². The molecule has 0 bridgehead atoms. The van der Waals surface area contributed by atoms with Crippen molar-refractivity contribution in [1.29, 1.82) is 0 Å². The van der Waals surface area contributed by atoms with E-state index < -0.39 is 15.9 Å². The van der Waals surface area contributed by atoms with Gasteiger partial charge in [0.25, 0.3) is 15.9 Å². The monoisotopic (exact) mass is 543 g/mol. The van der Waals surface area contributed by atoms with Gasteiger partial charge < -0.3 is 9.47 Å². The van der Waals surface area contributed by atoms with Crippen LogP contribution in [-0.4, -0.2) is 34.8 Å². The molecule has 0 heterocycles. The van der Waals surface area contributed by atoms with E-state index in [9.17, 15) is 13.2 Å². The third-order valence-electron chi connectivity index (χ3n) is 6.00. The van der Waals surface area contributed by atoms with Gasteiger partial charge in [-0.1, -0.05) is 66.2 Å². The van der Waals surface area contributed by atoms with Crippen LogP contribution < -0.4 is 19.2 Å². The average Bonchev–Trinajstić information content (AvgIpc) is 2.96. The quantitative estimate of drug-likeness (QED) is 0.220. The number of para-hydroxylation sites is 2. The van der Waals surface area contributed by atoms with Crippen LogP contribution in [0.3, 0.4) is 0 Å². The normalized spacial score (nSPS) is 11.3. The number of benzene rings is 4. The van der Waals surface area contributed by atoms with Gasteiger partial charge in [-0.2, -0.15) is 5.10 Å². The maximum atomic E-state index is 13.9. The van der Waals surface area contributed by atoms with Crippen molar-refractivity contribution in [3.8, 4) is 11.5 Å². The Morgan fingerprint density at radius 1 is 0.872 bits per heavy atom. The standard InChI is InChI=1S/C30H29N3O5S/c1-22-16-18-25(19-17-22)39(35,36)33(21-23-10-5-4-6-11-23)27-14-8-7-13-26(27)30(34)32-31-20-24-12-9-15-28(37-2)29(24)38-3/h4-20H,21H2,1-3H3,(H,32,34)/b31-20-. The second-order valence-electron chi connectivity index (χ2n) is 8.61. The summed E-state index contributed by atoms with van der Waals surface area (Å²) in [5.41, 5.74) is 5.19. The number of sulfonamides is 1. The van der Waals surface area contributed by atoms with Gasteiger partial charge in [0.15, 0.2) is 11.5 Å². The number of rotatable bonds is 10. The Bertz CT molecular complexity index is 1570. The van der Waals surface area contributed by atoms with E-state index in [-0.39, 0.29) is 22.7 Å². The van der Waals surface area contributed by atoms with Gasteiger partial charge in [-0.15, -0.1) is 0 Å². The molecular formula is C30H29N3O5S. The first-order valence-corrected chi connectivity index (χ1v) is 13.6. The summed E-state index contributed by atoms with van der Waals surface area (Å²) in [4.78, 5) is 13.4. The van der Waals surface area contributed by atoms with Crippen LogP contribution >= 0.6 is 0 Å². The summed E-state index contributed by atoms with van der Waals surface area (Å²) in [6, 6.07) is 27.7. The number of nitrogens with one attached hydrogen (secondary N) is 1. The van der Waals surface area contributed by atoms with Crippen molar-refractivity contribution >= 4 is 27.8 Å². The molecule has 0 radical (unpaired) electrons. The lowest BCUT2D eigenvalue weighted by atomic mass is 10.1. The predicted octanol–water partition coefficient (Wildman–Crippen LogP) is 5.17. The van der Waals surface area contributed by atoms with Crippen molar-refractivity contribution in [2.75, 3.05) is 18.5 Å². The summed E-state index contributed by atoms with van der Waals surface area (Å²) >= 11 is 0. The highest BCUT2D eigenvalue weighted by Gasteiger charge is 2.28. The predicted molar refractivity (Wildman–Crippen MR) is 152 cm³/mol. The van der Waals surface area contributed by atoms with E-state index >= 15 is 0 Å². The summed E-state index contributed by atoms with van der Waals surface area (Å²) in [6.45, 7) is 1.92. The van der Waals surface area contributed by atoms with Crippen LogP contribution in [0.25, 0.3) is 0 Å². The molecule has 8 nitrogen and oxygen atoms in total. The molecule has 0 aliphatic rings. The molecule has 0 fully saturated rings. The lowest BCUT2D eigenvalue weighted by Crippen LogP contribution is -2.33. The minimum absolute atomic E-state index is 0.0334. The number of hydrazone groups is 1. The van der Waals surface area contributed by atoms with Gasteiger partial charge in [0.1, 0.15) is 0 Å². The van der Waals surface area contributed by atoms with Crippen molar-refractivity contribution in [3.63, 3.8) is 0 Å². The minimum atomic E-state index is -4.02. The number of amides is 1. The smallest absolute Gasteiger partial charge is 0.273 e. The zero-order valence-electron chi connectivity index (χ0n) is 21.9. The van der Waals surface area contributed by atoms with Gasteiger partial charge in [0, 0.05) is 5.56 Å². The van der Waals surface area contributed by atoms with Crippen molar-refractivity contribution < 1.29 is 22.7 Å². The molecule has 0 unspecified atom stereocenters. The van der Waals surface area contributed by atoms with Crippen LogP contribution in [-0.2, 0) is 16.6 Å². The molecule has 0 saturated carbocycles. The van der Waals surface area contributed by atoms with E-state index in [0.29, 0.717) is 17.1 Å². The number of hydrogen-bond donors (Lipinski definition) is 1. The SMILES string of the molecule is COc1cccc(/C=N\NC(=O)c2ccccc2N(Cc2ccccc2)S(=O)(=O)c2ccc(C)cc2)c1OC. The third-order valence-corrected chi connectivity index (χ3v) is 7.77. The lowest BCUT2D eigenvalue weighted by molar-refractivity contribution is 0.0955. The average molecular weight is 544 g/mol. The first kappa shape index (κ1) is 27.4. The molecule has 4 aromatic rings. The van der Waals surface area contributed by atoms with E-state index in [1.165, 1.54) is 24.7 Å². The summed E-state index contributed by atoms with van der Waals surface area (Å²) < 4.78 is 39.7. The largest absolute Gasteiger partial charge is 0.493 e. The van der Waals surface area contributed by atoms with Crippen LogP contribution in [0, 0.1) is 6.92 Å². The Labute approximate surface area is 228 Å². The highest BCUT2D eigenvalue weighted by molar-refractivity contribution is 7.92. The number of ether oxygens (including phenoxy) is 2. The fraction of sp³-hybridized carbons (Fsp3) is 0.133. The molecule has 4 aromatic carbocycles. The van der Waals surface area contributed by atoms with Crippen LogP contribution in [0.4, 0.5) is 5.69 Å². The molecule has 200 valence electrons.